The SMILES string of the molecule is Cc1ccc(-c2oncc2N)nc1. The van der Waals surface area contributed by atoms with E-state index in [2.05, 4.69) is 10.1 Å². The Morgan fingerprint density at radius 1 is 1.31 bits per heavy atom. The summed E-state index contributed by atoms with van der Waals surface area (Å²) in [6, 6.07) is 3.80. The third-order valence-corrected chi connectivity index (χ3v) is 1.74. The molecule has 0 unspecified atom stereocenters. The van der Waals surface area contributed by atoms with Crippen LogP contribution in [0.4, 0.5) is 5.69 Å². The predicted molar refractivity (Wildman–Crippen MR) is 48.9 cm³/mol. The van der Waals surface area contributed by atoms with E-state index in [0.29, 0.717) is 17.1 Å². The average molecular weight is 175 g/mol. The Bertz CT molecular complexity index is 405. The van der Waals surface area contributed by atoms with Crippen molar-refractivity contribution >= 4 is 5.69 Å². The molecule has 0 radical (unpaired) electrons. The highest BCUT2D eigenvalue weighted by atomic mass is 16.5. The fraction of sp³-hybridized carbons (Fsp3) is 0.111. The third-order valence-electron chi connectivity index (χ3n) is 1.74. The number of hydrogen-bond acceptors (Lipinski definition) is 4. The molecule has 2 aromatic rings. The van der Waals surface area contributed by atoms with Gasteiger partial charge in [-0.25, -0.2) is 0 Å². The second-order valence-corrected chi connectivity index (χ2v) is 2.83. The van der Waals surface area contributed by atoms with Gasteiger partial charge in [-0.05, 0) is 18.6 Å². The molecule has 0 spiro atoms. The molecule has 0 saturated heterocycles. The fourth-order valence-corrected chi connectivity index (χ4v) is 1.04. The molecule has 13 heavy (non-hydrogen) atoms. The van der Waals surface area contributed by atoms with Crippen molar-refractivity contribution in [2.75, 3.05) is 5.73 Å². The maximum atomic E-state index is 5.61. The summed E-state index contributed by atoms with van der Waals surface area (Å²) in [5.41, 5.74) is 7.93. The topological polar surface area (TPSA) is 64.9 Å². The Kier molecular flexibility index (Phi) is 1.73. The van der Waals surface area contributed by atoms with Gasteiger partial charge in [-0.1, -0.05) is 11.2 Å². The van der Waals surface area contributed by atoms with Crippen LogP contribution in [0, 0.1) is 6.92 Å². The van der Waals surface area contributed by atoms with Gasteiger partial charge in [-0.15, -0.1) is 0 Å². The quantitative estimate of drug-likeness (QED) is 0.715. The minimum absolute atomic E-state index is 0.511. The number of nitrogen functional groups attached to an aromatic ring is 1. The first-order valence-corrected chi connectivity index (χ1v) is 3.90. The molecule has 0 fully saturated rings. The van der Waals surface area contributed by atoms with Gasteiger partial charge in [0.1, 0.15) is 11.4 Å². The molecule has 2 aromatic heterocycles. The molecular formula is C9H9N3O. The highest BCUT2D eigenvalue weighted by molar-refractivity contribution is 5.66. The van der Waals surface area contributed by atoms with E-state index in [9.17, 15) is 0 Å². The number of hydrogen-bond donors (Lipinski definition) is 1. The van der Waals surface area contributed by atoms with Crippen molar-refractivity contribution in [3.05, 3.63) is 30.1 Å². The maximum Gasteiger partial charge on any atom is 0.208 e. The van der Waals surface area contributed by atoms with E-state index in [1.807, 2.05) is 19.1 Å². The summed E-state index contributed by atoms with van der Waals surface area (Å²) in [5, 5.41) is 3.58. The summed E-state index contributed by atoms with van der Waals surface area (Å²) in [4.78, 5) is 4.17. The molecule has 66 valence electrons. The Labute approximate surface area is 75.4 Å². The van der Waals surface area contributed by atoms with E-state index in [1.54, 1.807) is 6.20 Å². The molecule has 0 atom stereocenters. The lowest BCUT2D eigenvalue weighted by Gasteiger charge is -1.96. The Morgan fingerprint density at radius 2 is 2.15 bits per heavy atom. The summed E-state index contributed by atoms with van der Waals surface area (Å²) in [7, 11) is 0. The van der Waals surface area contributed by atoms with Crippen LogP contribution in [0.15, 0.2) is 29.0 Å². The van der Waals surface area contributed by atoms with Crippen LogP contribution in [-0.2, 0) is 0 Å². The minimum atomic E-state index is 0.511. The molecule has 0 aliphatic rings. The number of rotatable bonds is 1. The lowest BCUT2D eigenvalue weighted by atomic mass is 10.2. The van der Waals surface area contributed by atoms with Gasteiger partial charge in [0, 0.05) is 6.20 Å². The number of aryl methyl sites for hydroxylation is 1. The van der Waals surface area contributed by atoms with Gasteiger partial charge in [-0.2, -0.15) is 0 Å². The van der Waals surface area contributed by atoms with Gasteiger partial charge in [0.25, 0.3) is 0 Å². The molecule has 0 aliphatic heterocycles. The Hall–Kier alpha value is -1.84. The first kappa shape index (κ1) is 7.79. The van der Waals surface area contributed by atoms with E-state index in [-0.39, 0.29) is 0 Å². The molecule has 2 N–H and O–H groups in total. The molecular weight excluding hydrogens is 166 g/mol. The summed E-state index contributed by atoms with van der Waals surface area (Å²) < 4.78 is 4.95. The highest BCUT2D eigenvalue weighted by Gasteiger charge is 2.07. The fourth-order valence-electron chi connectivity index (χ4n) is 1.04. The number of anilines is 1. The summed E-state index contributed by atoms with van der Waals surface area (Å²) >= 11 is 0. The van der Waals surface area contributed by atoms with E-state index in [0.717, 1.165) is 5.56 Å². The Morgan fingerprint density at radius 3 is 2.69 bits per heavy atom. The second kappa shape index (κ2) is 2.90. The lowest BCUT2D eigenvalue weighted by molar-refractivity contribution is 0.431. The van der Waals surface area contributed by atoms with Crippen molar-refractivity contribution in [2.24, 2.45) is 0 Å². The molecule has 0 amide bonds. The molecule has 0 aliphatic carbocycles. The summed E-state index contributed by atoms with van der Waals surface area (Å²) in [5.74, 6) is 0.528. The zero-order chi connectivity index (χ0) is 9.26. The van der Waals surface area contributed by atoms with Crippen LogP contribution in [0.2, 0.25) is 0 Å². The predicted octanol–water partition coefficient (Wildman–Crippen LogP) is 1.63. The van der Waals surface area contributed by atoms with Crippen molar-refractivity contribution in [1.29, 1.82) is 0 Å². The molecule has 2 heterocycles. The van der Waals surface area contributed by atoms with E-state index < -0.39 is 0 Å². The van der Waals surface area contributed by atoms with Crippen molar-refractivity contribution < 1.29 is 4.52 Å². The van der Waals surface area contributed by atoms with Crippen LogP contribution < -0.4 is 5.73 Å². The van der Waals surface area contributed by atoms with Gasteiger partial charge < -0.3 is 10.3 Å². The molecule has 2 rings (SSSR count). The van der Waals surface area contributed by atoms with E-state index in [4.69, 9.17) is 10.3 Å². The number of pyridine rings is 1. The van der Waals surface area contributed by atoms with Crippen LogP contribution in [0.3, 0.4) is 0 Å². The summed E-state index contributed by atoms with van der Waals surface area (Å²) in [6.07, 6.45) is 3.23. The largest absolute Gasteiger partial charge is 0.394 e. The van der Waals surface area contributed by atoms with Gasteiger partial charge in [0.2, 0.25) is 5.76 Å². The zero-order valence-electron chi connectivity index (χ0n) is 7.19. The first-order valence-electron chi connectivity index (χ1n) is 3.90. The average Bonchev–Trinajstić information content (AvgIpc) is 2.53. The van der Waals surface area contributed by atoms with Gasteiger partial charge in [0.05, 0.1) is 6.20 Å². The standard InChI is InChI=1S/C9H9N3O/c1-6-2-3-8(11-4-6)9-7(10)5-12-13-9/h2-5H,10H2,1H3. The number of nitrogens with two attached hydrogens (primary N) is 1. The third kappa shape index (κ3) is 1.38. The Balaban J connectivity index is 2.47. The normalized spacial score (nSPS) is 10.2. The monoisotopic (exact) mass is 175 g/mol. The van der Waals surface area contributed by atoms with Crippen LogP contribution in [-0.4, -0.2) is 10.1 Å². The molecule has 4 nitrogen and oxygen atoms in total. The smallest absolute Gasteiger partial charge is 0.208 e. The summed E-state index contributed by atoms with van der Waals surface area (Å²) in [6.45, 7) is 1.97. The molecule has 4 heteroatoms. The highest BCUT2D eigenvalue weighted by Crippen LogP contribution is 2.22. The van der Waals surface area contributed by atoms with Crippen molar-refractivity contribution in [2.45, 2.75) is 6.92 Å². The van der Waals surface area contributed by atoms with Crippen LogP contribution in [0.1, 0.15) is 5.56 Å². The van der Waals surface area contributed by atoms with Gasteiger partial charge in [0.15, 0.2) is 0 Å². The molecule has 0 saturated carbocycles. The molecule has 0 bridgehead atoms. The van der Waals surface area contributed by atoms with Gasteiger partial charge >= 0.3 is 0 Å². The van der Waals surface area contributed by atoms with Crippen molar-refractivity contribution in [3.63, 3.8) is 0 Å². The van der Waals surface area contributed by atoms with Crippen LogP contribution >= 0.6 is 0 Å². The van der Waals surface area contributed by atoms with Gasteiger partial charge in [-0.3, -0.25) is 4.98 Å². The van der Waals surface area contributed by atoms with Crippen LogP contribution in [0.25, 0.3) is 11.5 Å². The zero-order valence-corrected chi connectivity index (χ0v) is 7.19. The lowest BCUT2D eigenvalue weighted by Crippen LogP contribution is -1.87. The van der Waals surface area contributed by atoms with E-state index >= 15 is 0 Å². The minimum Gasteiger partial charge on any atom is -0.394 e. The second-order valence-electron chi connectivity index (χ2n) is 2.83. The molecule has 0 aromatic carbocycles. The van der Waals surface area contributed by atoms with Crippen molar-refractivity contribution in [1.82, 2.24) is 10.1 Å². The maximum absolute atomic E-state index is 5.61. The number of nitrogens with zero attached hydrogens (tertiary/aromatic N) is 2. The number of aromatic nitrogens is 2. The first-order chi connectivity index (χ1) is 6.27. The van der Waals surface area contributed by atoms with E-state index in [1.165, 1.54) is 6.20 Å². The van der Waals surface area contributed by atoms with Crippen LogP contribution in [0.5, 0.6) is 0 Å². The van der Waals surface area contributed by atoms with Crippen molar-refractivity contribution in [3.8, 4) is 11.5 Å².